The minimum Gasteiger partial charge on any atom is -0.339 e. The lowest BCUT2D eigenvalue weighted by molar-refractivity contribution is -0.121. The molecule has 0 atom stereocenters. The summed E-state index contributed by atoms with van der Waals surface area (Å²) >= 11 is 0. The minimum absolute atomic E-state index is 0.0113. The molecule has 1 aromatic heterocycles. The lowest BCUT2D eigenvalue weighted by atomic mass is 9.94. The molecule has 144 valence electrons. The van der Waals surface area contributed by atoms with Crippen LogP contribution in [0.5, 0.6) is 0 Å². The lowest BCUT2D eigenvalue weighted by Crippen LogP contribution is -2.41. The second-order valence-corrected chi connectivity index (χ2v) is 7.21. The molecule has 0 bridgehead atoms. The fraction of sp³-hybridized carbons (Fsp3) is 0.333. The summed E-state index contributed by atoms with van der Waals surface area (Å²) in [4.78, 5) is 42.5. The highest BCUT2D eigenvalue weighted by atomic mass is 16.2. The quantitative estimate of drug-likeness (QED) is 0.858. The van der Waals surface area contributed by atoms with Crippen LogP contribution in [0.1, 0.15) is 35.2 Å². The van der Waals surface area contributed by atoms with Crippen molar-refractivity contribution < 1.29 is 14.4 Å². The zero-order valence-electron chi connectivity index (χ0n) is 15.5. The summed E-state index contributed by atoms with van der Waals surface area (Å²) in [6.45, 7) is 1.11. The number of anilines is 2. The largest absolute Gasteiger partial charge is 0.339 e. The number of fused-ring (bicyclic) bond motifs is 1. The number of nitrogens with zero attached hydrogens (tertiary/aromatic N) is 2. The van der Waals surface area contributed by atoms with Crippen LogP contribution in [-0.4, -0.2) is 40.7 Å². The van der Waals surface area contributed by atoms with E-state index in [0.717, 1.165) is 16.9 Å². The number of benzene rings is 1. The zero-order chi connectivity index (χ0) is 19.5. The highest BCUT2D eigenvalue weighted by Gasteiger charge is 2.28. The van der Waals surface area contributed by atoms with E-state index in [0.29, 0.717) is 44.3 Å². The van der Waals surface area contributed by atoms with E-state index in [1.54, 1.807) is 41.6 Å². The monoisotopic (exact) mass is 378 g/mol. The van der Waals surface area contributed by atoms with Gasteiger partial charge in [-0.15, -0.1) is 0 Å². The summed E-state index contributed by atoms with van der Waals surface area (Å²) in [6.07, 6.45) is 5.66. The molecule has 3 amide bonds. The molecule has 0 saturated carbocycles. The van der Waals surface area contributed by atoms with Gasteiger partial charge < -0.3 is 15.5 Å². The Morgan fingerprint density at radius 3 is 2.57 bits per heavy atom. The summed E-state index contributed by atoms with van der Waals surface area (Å²) in [7, 11) is 0. The Morgan fingerprint density at radius 2 is 1.82 bits per heavy atom. The fourth-order valence-electron chi connectivity index (χ4n) is 3.72. The van der Waals surface area contributed by atoms with Crippen LogP contribution >= 0.6 is 0 Å². The number of aromatic nitrogens is 1. The first-order valence-corrected chi connectivity index (χ1v) is 9.53. The van der Waals surface area contributed by atoms with Gasteiger partial charge in [-0.1, -0.05) is 0 Å². The van der Waals surface area contributed by atoms with Crippen LogP contribution in [0.4, 0.5) is 11.4 Å². The number of aryl methyl sites for hydroxylation is 1. The maximum atomic E-state index is 12.8. The number of carbonyl (C=O) groups excluding carboxylic acids is 3. The van der Waals surface area contributed by atoms with E-state index in [2.05, 4.69) is 15.6 Å². The Bertz CT molecular complexity index is 905. The van der Waals surface area contributed by atoms with Crippen molar-refractivity contribution >= 4 is 29.1 Å². The van der Waals surface area contributed by atoms with Crippen LogP contribution in [0, 0.1) is 5.92 Å². The summed E-state index contributed by atoms with van der Waals surface area (Å²) in [5.74, 6) is -0.120. The van der Waals surface area contributed by atoms with Crippen molar-refractivity contribution in [1.29, 1.82) is 0 Å². The molecule has 3 heterocycles. The third kappa shape index (κ3) is 3.88. The molecule has 7 nitrogen and oxygen atoms in total. The van der Waals surface area contributed by atoms with Crippen LogP contribution in [-0.2, 0) is 16.0 Å². The number of likely N-dealkylation sites (tertiary alicyclic amines) is 1. The second-order valence-electron chi connectivity index (χ2n) is 7.21. The van der Waals surface area contributed by atoms with Gasteiger partial charge in [-0.05, 0) is 55.2 Å². The SMILES string of the molecule is O=C1CCc2cc(C(=O)N3CCC(C(=O)Nc4ccncc4)CC3)ccc2N1. The first kappa shape index (κ1) is 18.2. The standard InChI is InChI=1S/C21H22N4O3/c26-19-4-2-15-13-16(1-3-18(15)24-19)21(28)25-11-7-14(8-12-25)20(27)23-17-5-9-22-10-6-17/h1,3,5-6,9-10,13-14H,2,4,7-8,11-12H2,(H,24,26)(H,22,23,27). The highest BCUT2D eigenvalue weighted by Crippen LogP contribution is 2.26. The number of hydrogen-bond acceptors (Lipinski definition) is 4. The molecule has 1 saturated heterocycles. The average Bonchev–Trinajstić information content (AvgIpc) is 2.73. The predicted octanol–water partition coefficient (Wildman–Crippen LogP) is 2.46. The van der Waals surface area contributed by atoms with Crippen molar-refractivity contribution in [1.82, 2.24) is 9.88 Å². The van der Waals surface area contributed by atoms with Crippen molar-refractivity contribution in [2.75, 3.05) is 23.7 Å². The number of hydrogen-bond donors (Lipinski definition) is 2. The molecule has 2 aliphatic heterocycles. The normalized spacial score (nSPS) is 16.9. The van der Waals surface area contributed by atoms with Gasteiger partial charge in [-0.2, -0.15) is 0 Å². The summed E-state index contributed by atoms with van der Waals surface area (Å²) in [5, 5.41) is 5.74. The van der Waals surface area contributed by atoms with Crippen LogP contribution in [0.2, 0.25) is 0 Å². The molecule has 28 heavy (non-hydrogen) atoms. The minimum atomic E-state index is -0.101. The number of piperidine rings is 1. The Kier molecular flexibility index (Phi) is 5.06. The average molecular weight is 378 g/mol. The molecular formula is C21H22N4O3. The van der Waals surface area contributed by atoms with E-state index in [4.69, 9.17) is 0 Å². The van der Waals surface area contributed by atoms with Crippen LogP contribution < -0.4 is 10.6 Å². The Morgan fingerprint density at radius 1 is 1.07 bits per heavy atom. The fourth-order valence-corrected chi connectivity index (χ4v) is 3.72. The predicted molar refractivity (Wildman–Crippen MR) is 105 cm³/mol. The number of rotatable bonds is 3. The van der Waals surface area contributed by atoms with Crippen LogP contribution in [0.15, 0.2) is 42.7 Å². The van der Waals surface area contributed by atoms with E-state index >= 15 is 0 Å². The number of amides is 3. The summed E-state index contributed by atoms with van der Waals surface area (Å²) < 4.78 is 0. The van der Waals surface area contributed by atoms with Crippen molar-refractivity contribution in [3.8, 4) is 0 Å². The van der Waals surface area contributed by atoms with E-state index in [9.17, 15) is 14.4 Å². The highest BCUT2D eigenvalue weighted by molar-refractivity contribution is 5.98. The van der Waals surface area contributed by atoms with Crippen LogP contribution in [0.25, 0.3) is 0 Å². The van der Waals surface area contributed by atoms with E-state index in [1.807, 2.05) is 6.07 Å². The molecule has 1 aromatic carbocycles. The number of pyridine rings is 1. The van der Waals surface area contributed by atoms with Gasteiger partial charge in [0.05, 0.1) is 0 Å². The van der Waals surface area contributed by atoms with Gasteiger partial charge in [0.15, 0.2) is 0 Å². The number of nitrogens with one attached hydrogen (secondary N) is 2. The molecule has 2 N–H and O–H groups in total. The third-order valence-electron chi connectivity index (χ3n) is 5.35. The molecule has 1 fully saturated rings. The van der Waals surface area contributed by atoms with Gasteiger partial charge in [-0.3, -0.25) is 19.4 Å². The molecule has 2 aliphatic rings. The number of carbonyl (C=O) groups is 3. The van der Waals surface area contributed by atoms with Gasteiger partial charge in [0.25, 0.3) is 5.91 Å². The van der Waals surface area contributed by atoms with Crippen LogP contribution in [0.3, 0.4) is 0 Å². The van der Waals surface area contributed by atoms with Gasteiger partial charge in [0, 0.05) is 54.8 Å². The first-order valence-electron chi connectivity index (χ1n) is 9.53. The zero-order valence-corrected chi connectivity index (χ0v) is 15.5. The van der Waals surface area contributed by atoms with Crippen molar-refractivity contribution in [2.45, 2.75) is 25.7 Å². The molecule has 0 unspecified atom stereocenters. The molecular weight excluding hydrogens is 356 g/mol. The topological polar surface area (TPSA) is 91.4 Å². The lowest BCUT2D eigenvalue weighted by Gasteiger charge is -2.31. The molecule has 7 heteroatoms. The molecule has 0 radical (unpaired) electrons. The van der Waals surface area contributed by atoms with Crippen molar-refractivity contribution in [3.63, 3.8) is 0 Å². The van der Waals surface area contributed by atoms with E-state index < -0.39 is 0 Å². The summed E-state index contributed by atoms with van der Waals surface area (Å²) in [5.41, 5.74) is 3.16. The smallest absolute Gasteiger partial charge is 0.253 e. The molecule has 0 aliphatic carbocycles. The molecule has 0 spiro atoms. The van der Waals surface area contributed by atoms with E-state index in [1.165, 1.54) is 0 Å². The Balaban J connectivity index is 1.35. The maximum absolute atomic E-state index is 12.8. The maximum Gasteiger partial charge on any atom is 0.253 e. The van der Waals surface area contributed by atoms with Crippen molar-refractivity contribution in [3.05, 3.63) is 53.9 Å². The van der Waals surface area contributed by atoms with Gasteiger partial charge in [0.1, 0.15) is 0 Å². The Hall–Kier alpha value is -3.22. The second kappa shape index (κ2) is 7.80. The Labute approximate surface area is 163 Å². The molecule has 4 rings (SSSR count). The van der Waals surface area contributed by atoms with Gasteiger partial charge in [-0.25, -0.2) is 0 Å². The van der Waals surface area contributed by atoms with Crippen molar-refractivity contribution in [2.24, 2.45) is 5.92 Å². The van der Waals surface area contributed by atoms with Gasteiger partial charge in [0.2, 0.25) is 11.8 Å². The summed E-state index contributed by atoms with van der Waals surface area (Å²) in [6, 6.07) is 8.95. The first-order chi connectivity index (χ1) is 13.6. The molecule has 2 aromatic rings. The van der Waals surface area contributed by atoms with Gasteiger partial charge >= 0.3 is 0 Å². The van der Waals surface area contributed by atoms with E-state index in [-0.39, 0.29) is 23.6 Å². The third-order valence-corrected chi connectivity index (χ3v) is 5.35.